The highest BCUT2D eigenvalue weighted by Gasteiger charge is 2.28. The average molecular weight is 231 g/mol. The van der Waals surface area contributed by atoms with Crippen LogP contribution in [0.2, 0.25) is 0 Å². The Hall–Kier alpha value is -0.820. The van der Waals surface area contributed by atoms with E-state index in [2.05, 4.69) is 43.4 Å². The van der Waals surface area contributed by atoms with Crippen molar-refractivity contribution in [2.24, 2.45) is 5.92 Å². The zero-order valence-corrected chi connectivity index (χ0v) is 11.2. The van der Waals surface area contributed by atoms with E-state index >= 15 is 0 Å². The Morgan fingerprint density at radius 2 is 2.06 bits per heavy atom. The highest BCUT2D eigenvalue weighted by Crippen LogP contribution is 2.40. The zero-order chi connectivity index (χ0) is 12.1. The Morgan fingerprint density at radius 1 is 1.24 bits per heavy atom. The van der Waals surface area contributed by atoms with Gasteiger partial charge in [-0.1, -0.05) is 37.6 Å². The molecule has 1 fully saturated rings. The number of aryl methyl sites for hydroxylation is 1. The molecule has 1 N–H and O–H groups in total. The number of hydrogen-bond donors (Lipinski definition) is 1. The molecule has 1 aromatic carbocycles. The summed E-state index contributed by atoms with van der Waals surface area (Å²) in [7, 11) is 0. The first kappa shape index (κ1) is 12.6. The van der Waals surface area contributed by atoms with Crippen molar-refractivity contribution in [3.05, 3.63) is 35.4 Å². The highest BCUT2D eigenvalue weighted by atomic mass is 14.9. The van der Waals surface area contributed by atoms with Gasteiger partial charge in [0.2, 0.25) is 0 Å². The molecule has 1 aliphatic rings. The van der Waals surface area contributed by atoms with Gasteiger partial charge in [-0.25, -0.2) is 0 Å². The lowest BCUT2D eigenvalue weighted by atomic mass is 9.86. The van der Waals surface area contributed by atoms with E-state index in [0.717, 1.165) is 18.4 Å². The van der Waals surface area contributed by atoms with Crippen LogP contribution in [0.4, 0.5) is 0 Å². The predicted octanol–water partition coefficient (Wildman–Crippen LogP) is 3.88. The molecule has 94 valence electrons. The maximum atomic E-state index is 3.60. The summed E-state index contributed by atoms with van der Waals surface area (Å²) >= 11 is 0. The van der Waals surface area contributed by atoms with Gasteiger partial charge in [-0.3, -0.25) is 0 Å². The van der Waals surface area contributed by atoms with E-state index in [4.69, 9.17) is 0 Å². The summed E-state index contributed by atoms with van der Waals surface area (Å²) in [6, 6.07) is 8.93. The SMILES string of the molecule is CCCNCC1CCCC1c1ccccc1C. The lowest BCUT2D eigenvalue weighted by Gasteiger charge is -2.22. The van der Waals surface area contributed by atoms with Gasteiger partial charge in [-0.05, 0) is 62.2 Å². The smallest absolute Gasteiger partial charge is 0.00147 e. The molecule has 1 heteroatoms. The molecule has 0 heterocycles. The van der Waals surface area contributed by atoms with Crippen LogP contribution in [-0.4, -0.2) is 13.1 Å². The molecule has 0 aliphatic heterocycles. The van der Waals surface area contributed by atoms with E-state index in [9.17, 15) is 0 Å². The van der Waals surface area contributed by atoms with Gasteiger partial charge in [0.15, 0.2) is 0 Å². The van der Waals surface area contributed by atoms with Crippen LogP contribution in [0.5, 0.6) is 0 Å². The van der Waals surface area contributed by atoms with Crippen LogP contribution in [-0.2, 0) is 0 Å². The van der Waals surface area contributed by atoms with E-state index in [1.54, 1.807) is 5.56 Å². The Kier molecular flexibility index (Phi) is 4.61. The maximum absolute atomic E-state index is 3.60. The van der Waals surface area contributed by atoms with E-state index in [1.807, 2.05) is 0 Å². The summed E-state index contributed by atoms with van der Waals surface area (Å²) in [5.74, 6) is 1.64. The monoisotopic (exact) mass is 231 g/mol. The standard InChI is InChI=1S/C16H25N/c1-3-11-17-12-14-8-6-10-16(14)15-9-5-4-7-13(15)2/h4-5,7,9,14,16-17H,3,6,8,10-12H2,1-2H3. The van der Waals surface area contributed by atoms with Crippen molar-refractivity contribution in [3.63, 3.8) is 0 Å². The number of benzene rings is 1. The third kappa shape index (κ3) is 3.10. The summed E-state index contributed by atoms with van der Waals surface area (Å²) in [5, 5.41) is 3.60. The summed E-state index contributed by atoms with van der Waals surface area (Å²) < 4.78 is 0. The Balaban J connectivity index is 2.02. The Labute approximate surface area is 106 Å². The van der Waals surface area contributed by atoms with E-state index < -0.39 is 0 Å². The molecule has 1 aliphatic carbocycles. The third-order valence-corrected chi connectivity index (χ3v) is 4.08. The second kappa shape index (κ2) is 6.20. The molecule has 1 nitrogen and oxygen atoms in total. The minimum atomic E-state index is 0.792. The van der Waals surface area contributed by atoms with Gasteiger partial charge >= 0.3 is 0 Å². The van der Waals surface area contributed by atoms with Crippen LogP contribution in [0.3, 0.4) is 0 Å². The second-order valence-electron chi connectivity index (χ2n) is 5.36. The zero-order valence-electron chi connectivity index (χ0n) is 11.2. The molecule has 2 rings (SSSR count). The van der Waals surface area contributed by atoms with Crippen molar-refractivity contribution in [2.45, 2.75) is 45.4 Å². The molecule has 0 spiro atoms. The van der Waals surface area contributed by atoms with Gasteiger partial charge < -0.3 is 5.32 Å². The first-order valence-electron chi connectivity index (χ1n) is 7.09. The third-order valence-electron chi connectivity index (χ3n) is 4.08. The van der Waals surface area contributed by atoms with Crippen LogP contribution < -0.4 is 5.32 Å². The molecule has 17 heavy (non-hydrogen) atoms. The minimum absolute atomic E-state index is 0.792. The number of hydrogen-bond acceptors (Lipinski definition) is 1. The largest absolute Gasteiger partial charge is 0.316 e. The van der Waals surface area contributed by atoms with Gasteiger partial charge in [0.05, 0.1) is 0 Å². The topological polar surface area (TPSA) is 12.0 Å². The number of nitrogens with one attached hydrogen (secondary N) is 1. The van der Waals surface area contributed by atoms with Crippen molar-refractivity contribution in [2.75, 3.05) is 13.1 Å². The van der Waals surface area contributed by atoms with Gasteiger partial charge in [0.25, 0.3) is 0 Å². The van der Waals surface area contributed by atoms with Crippen molar-refractivity contribution in [3.8, 4) is 0 Å². The van der Waals surface area contributed by atoms with Crippen LogP contribution in [0.15, 0.2) is 24.3 Å². The number of rotatable bonds is 5. The van der Waals surface area contributed by atoms with Gasteiger partial charge in [-0.2, -0.15) is 0 Å². The first-order chi connectivity index (χ1) is 8.33. The van der Waals surface area contributed by atoms with Crippen LogP contribution in [0.1, 0.15) is 49.7 Å². The summed E-state index contributed by atoms with van der Waals surface area (Å²) in [6.07, 6.45) is 5.41. The van der Waals surface area contributed by atoms with Crippen molar-refractivity contribution < 1.29 is 0 Å². The normalized spacial score (nSPS) is 24.1. The Morgan fingerprint density at radius 3 is 2.82 bits per heavy atom. The van der Waals surface area contributed by atoms with Crippen LogP contribution >= 0.6 is 0 Å². The molecule has 0 radical (unpaired) electrons. The first-order valence-corrected chi connectivity index (χ1v) is 7.09. The van der Waals surface area contributed by atoms with Gasteiger partial charge in [0.1, 0.15) is 0 Å². The lowest BCUT2D eigenvalue weighted by Crippen LogP contribution is -2.25. The predicted molar refractivity (Wildman–Crippen MR) is 74.4 cm³/mol. The van der Waals surface area contributed by atoms with Crippen molar-refractivity contribution in [1.82, 2.24) is 5.32 Å². The molecule has 0 aromatic heterocycles. The summed E-state index contributed by atoms with van der Waals surface area (Å²) in [6.45, 7) is 6.86. The Bertz CT molecular complexity index is 345. The lowest BCUT2D eigenvalue weighted by molar-refractivity contribution is 0.443. The fourth-order valence-electron chi connectivity index (χ4n) is 3.16. The van der Waals surface area contributed by atoms with Gasteiger partial charge in [0, 0.05) is 0 Å². The van der Waals surface area contributed by atoms with E-state index in [-0.39, 0.29) is 0 Å². The maximum Gasteiger partial charge on any atom is -0.00147 e. The van der Waals surface area contributed by atoms with Crippen LogP contribution in [0, 0.1) is 12.8 Å². The second-order valence-corrected chi connectivity index (χ2v) is 5.36. The average Bonchev–Trinajstić information content (AvgIpc) is 2.78. The molecule has 1 saturated carbocycles. The summed E-state index contributed by atoms with van der Waals surface area (Å²) in [5.41, 5.74) is 3.06. The molecule has 2 atom stereocenters. The quantitative estimate of drug-likeness (QED) is 0.758. The van der Waals surface area contributed by atoms with Crippen molar-refractivity contribution >= 4 is 0 Å². The van der Waals surface area contributed by atoms with Crippen molar-refractivity contribution in [1.29, 1.82) is 0 Å². The summed E-state index contributed by atoms with van der Waals surface area (Å²) in [4.78, 5) is 0. The molecule has 0 bridgehead atoms. The van der Waals surface area contributed by atoms with E-state index in [1.165, 1.54) is 37.8 Å². The van der Waals surface area contributed by atoms with E-state index in [0.29, 0.717) is 0 Å². The van der Waals surface area contributed by atoms with Gasteiger partial charge in [-0.15, -0.1) is 0 Å². The highest BCUT2D eigenvalue weighted by molar-refractivity contribution is 5.30. The molecular formula is C16H25N. The van der Waals surface area contributed by atoms with Crippen LogP contribution in [0.25, 0.3) is 0 Å². The molecule has 2 unspecified atom stereocenters. The fourth-order valence-corrected chi connectivity index (χ4v) is 3.16. The minimum Gasteiger partial charge on any atom is -0.316 e. The fraction of sp³-hybridized carbons (Fsp3) is 0.625. The molecule has 1 aromatic rings. The molecular weight excluding hydrogens is 206 g/mol. The molecule has 0 saturated heterocycles. The molecule has 0 amide bonds.